The van der Waals surface area contributed by atoms with E-state index in [0.29, 0.717) is 6.54 Å². The Labute approximate surface area is 109 Å². The van der Waals surface area contributed by atoms with Crippen molar-refractivity contribution < 1.29 is 19.6 Å². The van der Waals surface area contributed by atoms with E-state index in [9.17, 15) is 14.9 Å². The van der Waals surface area contributed by atoms with E-state index >= 15 is 0 Å². The number of nitro groups is 1. The number of aromatic carboxylic acids is 1. The highest BCUT2D eigenvalue weighted by Gasteiger charge is 2.32. The van der Waals surface area contributed by atoms with Crippen LogP contribution in [0, 0.1) is 10.1 Å². The summed E-state index contributed by atoms with van der Waals surface area (Å²) in [6.45, 7) is 4.27. The van der Waals surface area contributed by atoms with Crippen molar-refractivity contribution in [3.63, 3.8) is 0 Å². The summed E-state index contributed by atoms with van der Waals surface area (Å²) in [4.78, 5) is 21.2. The molecule has 7 nitrogen and oxygen atoms in total. The van der Waals surface area contributed by atoms with Crippen LogP contribution < -0.4 is 0 Å². The summed E-state index contributed by atoms with van der Waals surface area (Å²) in [6, 6.07) is 1.07. The lowest BCUT2D eigenvalue weighted by Gasteiger charge is -2.19. The fourth-order valence-corrected chi connectivity index (χ4v) is 2.35. The second kappa shape index (κ2) is 4.65. The van der Waals surface area contributed by atoms with E-state index < -0.39 is 10.9 Å². The molecule has 1 atom stereocenters. The zero-order chi connectivity index (χ0) is 14.2. The Morgan fingerprint density at radius 3 is 2.84 bits per heavy atom. The summed E-state index contributed by atoms with van der Waals surface area (Å²) in [5.74, 6) is -1.18. The average Bonchev–Trinajstić information content (AvgIpc) is 2.83. The largest absolute Gasteiger partial charge is 0.477 e. The number of ether oxygens (including phenoxy) is 1. The van der Waals surface area contributed by atoms with Crippen LogP contribution in [-0.4, -0.2) is 32.3 Å². The topological polar surface area (TPSA) is 94.6 Å². The third kappa shape index (κ3) is 2.93. The van der Waals surface area contributed by atoms with E-state index in [1.165, 1.54) is 10.8 Å². The molecule has 7 heteroatoms. The van der Waals surface area contributed by atoms with Crippen molar-refractivity contribution in [1.29, 1.82) is 0 Å². The van der Waals surface area contributed by atoms with Crippen molar-refractivity contribution in [2.24, 2.45) is 0 Å². The van der Waals surface area contributed by atoms with Gasteiger partial charge in [0.2, 0.25) is 0 Å². The van der Waals surface area contributed by atoms with Gasteiger partial charge in [-0.2, -0.15) is 0 Å². The molecule has 0 amide bonds. The van der Waals surface area contributed by atoms with Gasteiger partial charge in [0.1, 0.15) is 5.69 Å². The molecule has 19 heavy (non-hydrogen) atoms. The Bertz CT molecular complexity index is 520. The predicted octanol–water partition coefficient (Wildman–Crippen LogP) is 2.05. The van der Waals surface area contributed by atoms with Gasteiger partial charge in [-0.1, -0.05) is 0 Å². The highest BCUT2D eigenvalue weighted by molar-refractivity contribution is 5.86. The van der Waals surface area contributed by atoms with Crippen LogP contribution in [0.3, 0.4) is 0 Å². The predicted molar refractivity (Wildman–Crippen MR) is 66.2 cm³/mol. The van der Waals surface area contributed by atoms with Gasteiger partial charge < -0.3 is 14.4 Å². The Morgan fingerprint density at radius 1 is 1.68 bits per heavy atom. The first-order valence-electron chi connectivity index (χ1n) is 6.04. The number of carboxylic acid groups (broad SMARTS) is 1. The summed E-state index contributed by atoms with van der Waals surface area (Å²) in [7, 11) is 0. The molecular formula is C12H16N2O5. The number of carbonyl (C=O) groups is 1. The molecule has 0 spiro atoms. The van der Waals surface area contributed by atoms with Crippen LogP contribution in [0.2, 0.25) is 0 Å². The second-order valence-electron chi connectivity index (χ2n) is 5.34. The molecular weight excluding hydrogens is 252 g/mol. The molecule has 104 valence electrons. The van der Waals surface area contributed by atoms with Crippen LogP contribution in [0.15, 0.2) is 12.3 Å². The maximum Gasteiger partial charge on any atom is 0.352 e. The van der Waals surface area contributed by atoms with Gasteiger partial charge in [-0.25, -0.2) is 4.79 Å². The van der Waals surface area contributed by atoms with Crippen LogP contribution in [-0.2, 0) is 11.3 Å². The van der Waals surface area contributed by atoms with Crippen LogP contribution in [0.4, 0.5) is 5.69 Å². The Kier molecular flexibility index (Phi) is 3.32. The van der Waals surface area contributed by atoms with Crippen LogP contribution in [0.25, 0.3) is 0 Å². The Morgan fingerprint density at radius 2 is 2.37 bits per heavy atom. The molecule has 1 saturated heterocycles. The first-order valence-corrected chi connectivity index (χ1v) is 6.04. The van der Waals surface area contributed by atoms with E-state index in [-0.39, 0.29) is 23.1 Å². The molecule has 1 aromatic rings. The number of carboxylic acids is 1. The number of nitrogens with zero attached hydrogens (tertiary/aromatic N) is 2. The molecule has 1 N–H and O–H groups in total. The van der Waals surface area contributed by atoms with E-state index in [1.807, 2.05) is 13.8 Å². The van der Waals surface area contributed by atoms with Gasteiger partial charge >= 0.3 is 5.97 Å². The van der Waals surface area contributed by atoms with Gasteiger partial charge in [0, 0.05) is 12.6 Å². The molecule has 1 aliphatic heterocycles. The maximum atomic E-state index is 11.1. The number of aromatic nitrogens is 1. The minimum Gasteiger partial charge on any atom is -0.477 e. The first-order chi connectivity index (χ1) is 8.78. The second-order valence-corrected chi connectivity index (χ2v) is 5.34. The smallest absolute Gasteiger partial charge is 0.352 e. The number of hydrogen-bond donors (Lipinski definition) is 1. The highest BCUT2D eigenvalue weighted by Crippen LogP contribution is 2.31. The monoisotopic (exact) mass is 268 g/mol. The van der Waals surface area contributed by atoms with E-state index in [2.05, 4.69) is 0 Å². The summed E-state index contributed by atoms with van der Waals surface area (Å²) in [5, 5.41) is 19.8. The highest BCUT2D eigenvalue weighted by atomic mass is 16.6. The van der Waals surface area contributed by atoms with Crippen molar-refractivity contribution in [2.75, 3.05) is 0 Å². The fraction of sp³-hybridized carbons (Fsp3) is 0.583. The molecule has 0 radical (unpaired) electrons. The minimum atomic E-state index is -1.18. The summed E-state index contributed by atoms with van der Waals surface area (Å²) in [5.41, 5.74) is -0.512. The Hall–Kier alpha value is -1.89. The quantitative estimate of drug-likeness (QED) is 0.666. The third-order valence-corrected chi connectivity index (χ3v) is 3.27. The van der Waals surface area contributed by atoms with Crippen molar-refractivity contribution >= 4 is 11.7 Å². The summed E-state index contributed by atoms with van der Waals surface area (Å²) in [6.07, 6.45) is 2.85. The number of hydrogen-bond acceptors (Lipinski definition) is 4. The van der Waals surface area contributed by atoms with E-state index in [1.54, 1.807) is 0 Å². The lowest BCUT2D eigenvalue weighted by molar-refractivity contribution is -0.384. The molecule has 1 aromatic heterocycles. The van der Waals surface area contributed by atoms with Crippen molar-refractivity contribution in [2.45, 2.75) is 44.9 Å². The lowest BCUT2D eigenvalue weighted by Crippen LogP contribution is -2.23. The van der Waals surface area contributed by atoms with Crippen LogP contribution >= 0.6 is 0 Å². The van der Waals surface area contributed by atoms with E-state index in [4.69, 9.17) is 9.84 Å². The van der Waals surface area contributed by atoms with Gasteiger partial charge in [-0.3, -0.25) is 10.1 Å². The van der Waals surface area contributed by atoms with Gasteiger partial charge in [-0.05, 0) is 26.7 Å². The van der Waals surface area contributed by atoms with Crippen molar-refractivity contribution in [1.82, 2.24) is 4.57 Å². The average molecular weight is 268 g/mol. The number of rotatable bonds is 4. The van der Waals surface area contributed by atoms with Gasteiger partial charge in [0.05, 0.1) is 22.8 Å². The lowest BCUT2D eigenvalue weighted by atomic mass is 10.1. The first kappa shape index (κ1) is 13.5. The SMILES string of the molecule is CC1(C)CCC(Cn2cc([N+](=O)[O-])cc2C(=O)O)O1. The standard InChI is InChI=1S/C12H16N2O5/c1-12(2)4-3-9(19-12)7-13-6-8(14(17)18)5-10(13)11(15)16/h5-6,9H,3-4,7H2,1-2H3,(H,15,16). The van der Waals surface area contributed by atoms with E-state index in [0.717, 1.165) is 18.9 Å². The van der Waals surface area contributed by atoms with Crippen LogP contribution in [0.1, 0.15) is 37.2 Å². The third-order valence-electron chi connectivity index (χ3n) is 3.27. The van der Waals surface area contributed by atoms with Crippen molar-refractivity contribution in [3.8, 4) is 0 Å². The van der Waals surface area contributed by atoms with Gasteiger partial charge in [0.15, 0.2) is 0 Å². The molecule has 2 heterocycles. The molecule has 0 aliphatic carbocycles. The van der Waals surface area contributed by atoms with Crippen molar-refractivity contribution in [3.05, 3.63) is 28.1 Å². The zero-order valence-electron chi connectivity index (χ0n) is 10.8. The molecule has 1 unspecified atom stereocenters. The molecule has 0 bridgehead atoms. The normalized spacial score (nSPS) is 21.5. The molecule has 1 aliphatic rings. The summed E-state index contributed by atoms with van der Waals surface area (Å²) >= 11 is 0. The maximum absolute atomic E-state index is 11.1. The Balaban J connectivity index is 2.20. The van der Waals surface area contributed by atoms with Gasteiger partial charge in [0.25, 0.3) is 5.69 Å². The van der Waals surface area contributed by atoms with Crippen LogP contribution in [0.5, 0.6) is 0 Å². The minimum absolute atomic E-state index is 0.0833. The summed E-state index contributed by atoms with van der Waals surface area (Å²) < 4.78 is 7.16. The molecule has 0 aromatic carbocycles. The molecule has 2 rings (SSSR count). The zero-order valence-corrected chi connectivity index (χ0v) is 10.8. The fourth-order valence-electron chi connectivity index (χ4n) is 2.35. The van der Waals surface area contributed by atoms with Gasteiger partial charge in [-0.15, -0.1) is 0 Å². The molecule has 1 fully saturated rings. The molecule has 0 saturated carbocycles.